The Kier molecular flexibility index (Phi) is 4.60. The van der Waals surface area contributed by atoms with Gasteiger partial charge in [-0.05, 0) is 38.5 Å². The molecule has 1 amide bonds. The summed E-state index contributed by atoms with van der Waals surface area (Å²) in [7, 11) is 0. The third kappa shape index (κ3) is 3.03. The summed E-state index contributed by atoms with van der Waals surface area (Å²) in [5.74, 6) is -0.103. The van der Waals surface area contributed by atoms with Crippen molar-refractivity contribution in [1.82, 2.24) is 19.9 Å². The molecule has 0 N–H and O–H groups in total. The van der Waals surface area contributed by atoms with Crippen molar-refractivity contribution in [2.45, 2.75) is 32.7 Å². The minimum absolute atomic E-state index is 0.103. The number of benzene rings is 1. The van der Waals surface area contributed by atoms with Crippen LogP contribution in [0.3, 0.4) is 0 Å². The maximum atomic E-state index is 13.0. The Bertz CT molecular complexity index is 757. The summed E-state index contributed by atoms with van der Waals surface area (Å²) in [6, 6.07) is 7.36. The fraction of sp³-hybridized carbons (Fsp3) is 0.471. The van der Waals surface area contributed by atoms with E-state index in [1.54, 1.807) is 10.7 Å². The number of aromatic nitrogens is 3. The molecule has 0 bridgehead atoms. The van der Waals surface area contributed by atoms with Crippen molar-refractivity contribution in [2.24, 2.45) is 0 Å². The highest BCUT2D eigenvalue weighted by Gasteiger charge is 2.36. The first-order valence-electron chi connectivity index (χ1n) is 8.04. The van der Waals surface area contributed by atoms with Crippen molar-refractivity contribution < 1.29 is 9.53 Å². The van der Waals surface area contributed by atoms with Gasteiger partial charge >= 0.3 is 0 Å². The number of carbonyl (C=O) groups excluding carboxylic acids is 1. The average molecular weight is 349 g/mol. The number of nitrogens with zero attached hydrogens (tertiary/aromatic N) is 4. The Morgan fingerprint density at radius 1 is 1.42 bits per heavy atom. The molecule has 0 radical (unpaired) electrons. The molecule has 128 valence electrons. The van der Waals surface area contributed by atoms with Crippen LogP contribution in [0.2, 0.25) is 5.02 Å². The maximum absolute atomic E-state index is 13.0. The molecule has 1 saturated heterocycles. The lowest BCUT2D eigenvalue weighted by Crippen LogP contribution is -2.55. The molecule has 1 aliphatic rings. The quantitative estimate of drug-likeness (QED) is 0.855. The third-order valence-corrected chi connectivity index (χ3v) is 4.48. The van der Waals surface area contributed by atoms with E-state index in [-0.39, 0.29) is 11.4 Å². The number of amides is 1. The van der Waals surface area contributed by atoms with Gasteiger partial charge in [-0.25, -0.2) is 4.68 Å². The second kappa shape index (κ2) is 6.53. The lowest BCUT2D eigenvalue weighted by Gasteiger charge is -2.41. The molecule has 0 atom stereocenters. The van der Waals surface area contributed by atoms with Gasteiger partial charge in [0.15, 0.2) is 5.69 Å². The summed E-state index contributed by atoms with van der Waals surface area (Å²) in [6.07, 6.45) is 0.644. The molecule has 0 unspecified atom stereocenters. The number of carbonyl (C=O) groups is 1. The first-order valence-corrected chi connectivity index (χ1v) is 8.42. The highest BCUT2D eigenvalue weighted by Crippen LogP contribution is 2.24. The molecule has 0 saturated carbocycles. The zero-order chi connectivity index (χ0) is 17.3. The Morgan fingerprint density at radius 2 is 2.21 bits per heavy atom. The average Bonchev–Trinajstić information content (AvgIpc) is 2.97. The molecule has 1 aromatic carbocycles. The number of morpholine rings is 1. The van der Waals surface area contributed by atoms with E-state index in [0.29, 0.717) is 36.9 Å². The molecular weight excluding hydrogens is 328 g/mol. The molecule has 24 heavy (non-hydrogen) atoms. The summed E-state index contributed by atoms with van der Waals surface area (Å²) < 4.78 is 7.18. The highest BCUT2D eigenvalue weighted by molar-refractivity contribution is 6.30. The van der Waals surface area contributed by atoms with Gasteiger partial charge < -0.3 is 9.64 Å². The van der Waals surface area contributed by atoms with Gasteiger partial charge in [0.25, 0.3) is 5.91 Å². The van der Waals surface area contributed by atoms with Gasteiger partial charge in [0, 0.05) is 11.6 Å². The Balaban J connectivity index is 1.99. The number of hydrogen-bond donors (Lipinski definition) is 0. The lowest BCUT2D eigenvalue weighted by atomic mass is 10.0. The lowest BCUT2D eigenvalue weighted by molar-refractivity contribution is -0.0373. The van der Waals surface area contributed by atoms with Crippen LogP contribution in [-0.4, -0.2) is 51.1 Å². The van der Waals surface area contributed by atoms with E-state index < -0.39 is 0 Å². The summed E-state index contributed by atoms with van der Waals surface area (Å²) in [5, 5.41) is 8.98. The van der Waals surface area contributed by atoms with Crippen LogP contribution >= 0.6 is 11.6 Å². The minimum atomic E-state index is -0.361. The van der Waals surface area contributed by atoms with Gasteiger partial charge in [0.05, 0.1) is 30.1 Å². The zero-order valence-corrected chi connectivity index (χ0v) is 14.9. The molecule has 2 aromatic rings. The first kappa shape index (κ1) is 16.9. The second-order valence-corrected chi connectivity index (χ2v) is 6.89. The van der Waals surface area contributed by atoms with Crippen LogP contribution in [0.4, 0.5) is 0 Å². The van der Waals surface area contributed by atoms with E-state index in [4.69, 9.17) is 16.3 Å². The monoisotopic (exact) mass is 348 g/mol. The zero-order valence-electron chi connectivity index (χ0n) is 14.1. The van der Waals surface area contributed by atoms with Crippen molar-refractivity contribution in [2.75, 3.05) is 19.8 Å². The van der Waals surface area contributed by atoms with E-state index in [1.807, 2.05) is 43.9 Å². The topological polar surface area (TPSA) is 60.3 Å². The SMILES string of the molecule is CCc1c(C(=O)N2CCOCC2(C)C)nnn1-c1cccc(Cl)c1. The van der Waals surface area contributed by atoms with Crippen molar-refractivity contribution in [3.63, 3.8) is 0 Å². The van der Waals surface area contributed by atoms with Crippen molar-refractivity contribution in [1.29, 1.82) is 0 Å². The summed E-state index contributed by atoms with van der Waals surface area (Å²) >= 11 is 6.07. The minimum Gasteiger partial charge on any atom is -0.377 e. The van der Waals surface area contributed by atoms with Gasteiger partial charge in [-0.15, -0.1) is 5.10 Å². The first-order chi connectivity index (χ1) is 11.4. The number of hydrogen-bond acceptors (Lipinski definition) is 4. The number of ether oxygens (including phenoxy) is 1. The molecule has 1 fully saturated rings. The molecule has 1 aromatic heterocycles. The van der Waals surface area contributed by atoms with Crippen LogP contribution in [-0.2, 0) is 11.2 Å². The van der Waals surface area contributed by atoms with Crippen LogP contribution in [0.25, 0.3) is 5.69 Å². The largest absolute Gasteiger partial charge is 0.377 e. The smallest absolute Gasteiger partial charge is 0.276 e. The van der Waals surface area contributed by atoms with E-state index in [0.717, 1.165) is 11.4 Å². The standard InChI is InChI=1S/C17H21ClN4O2/c1-4-14-15(16(23)21-8-9-24-11-17(21,2)3)19-20-22(14)13-7-5-6-12(18)10-13/h5-7,10H,4,8-9,11H2,1-3H3. The third-order valence-electron chi connectivity index (χ3n) is 4.24. The molecule has 7 heteroatoms. The van der Waals surface area contributed by atoms with Gasteiger partial charge in [-0.3, -0.25) is 4.79 Å². The van der Waals surface area contributed by atoms with Gasteiger partial charge in [0.1, 0.15) is 0 Å². The van der Waals surface area contributed by atoms with Crippen LogP contribution in [0.1, 0.15) is 37.0 Å². The number of halogens is 1. The van der Waals surface area contributed by atoms with E-state index in [1.165, 1.54) is 0 Å². The van der Waals surface area contributed by atoms with Crippen LogP contribution < -0.4 is 0 Å². The Morgan fingerprint density at radius 3 is 2.88 bits per heavy atom. The second-order valence-electron chi connectivity index (χ2n) is 6.45. The molecule has 1 aliphatic heterocycles. The van der Waals surface area contributed by atoms with Crippen LogP contribution in [0.15, 0.2) is 24.3 Å². The Labute approximate surface area is 146 Å². The summed E-state index contributed by atoms with van der Waals surface area (Å²) in [5.41, 5.74) is 1.62. The van der Waals surface area contributed by atoms with Crippen molar-refractivity contribution >= 4 is 17.5 Å². The summed E-state index contributed by atoms with van der Waals surface area (Å²) in [4.78, 5) is 14.9. The molecule has 0 aliphatic carbocycles. The molecule has 6 nitrogen and oxygen atoms in total. The molecule has 0 spiro atoms. The highest BCUT2D eigenvalue weighted by atomic mass is 35.5. The number of rotatable bonds is 3. The summed E-state index contributed by atoms with van der Waals surface area (Å²) in [6.45, 7) is 7.59. The normalized spacial score (nSPS) is 17.1. The van der Waals surface area contributed by atoms with E-state index >= 15 is 0 Å². The fourth-order valence-electron chi connectivity index (χ4n) is 2.96. The molecular formula is C17H21ClN4O2. The fourth-order valence-corrected chi connectivity index (χ4v) is 3.15. The van der Waals surface area contributed by atoms with Crippen LogP contribution in [0.5, 0.6) is 0 Å². The van der Waals surface area contributed by atoms with Crippen molar-refractivity contribution in [3.8, 4) is 5.69 Å². The molecule has 3 rings (SSSR count). The predicted molar refractivity (Wildman–Crippen MR) is 91.7 cm³/mol. The van der Waals surface area contributed by atoms with E-state index in [9.17, 15) is 4.79 Å². The maximum Gasteiger partial charge on any atom is 0.276 e. The molecule has 2 heterocycles. The Hall–Kier alpha value is -1.92. The van der Waals surface area contributed by atoms with Crippen molar-refractivity contribution in [3.05, 3.63) is 40.7 Å². The van der Waals surface area contributed by atoms with Crippen LogP contribution in [0, 0.1) is 0 Å². The van der Waals surface area contributed by atoms with Gasteiger partial charge in [-0.2, -0.15) is 0 Å². The van der Waals surface area contributed by atoms with Gasteiger partial charge in [0.2, 0.25) is 0 Å². The van der Waals surface area contributed by atoms with E-state index in [2.05, 4.69) is 10.3 Å². The predicted octanol–water partition coefficient (Wildman–Crippen LogP) is 2.73. The van der Waals surface area contributed by atoms with Gasteiger partial charge in [-0.1, -0.05) is 29.8 Å².